The molecule has 0 aromatic heterocycles. The van der Waals surface area contributed by atoms with Crippen LogP contribution in [0.1, 0.15) is 55.4 Å². The van der Waals surface area contributed by atoms with Crippen molar-refractivity contribution in [2.45, 2.75) is 67.5 Å². The van der Waals surface area contributed by atoms with Gasteiger partial charge in [0.1, 0.15) is 12.1 Å². The lowest BCUT2D eigenvalue weighted by Crippen LogP contribution is -2.66. The Morgan fingerprint density at radius 3 is 2.05 bits per heavy atom. The van der Waals surface area contributed by atoms with Crippen molar-refractivity contribution in [2.24, 2.45) is 16.7 Å². The largest absolute Gasteiger partial charge is 0.342 e. The van der Waals surface area contributed by atoms with Gasteiger partial charge in [0.05, 0.1) is 0 Å². The maximum Gasteiger partial charge on any atom is 0.246 e. The number of amides is 2. The molecule has 3 atom stereocenters. The van der Waals surface area contributed by atoms with E-state index in [4.69, 9.17) is 0 Å². The Morgan fingerprint density at radius 2 is 1.65 bits per heavy atom. The lowest BCUT2D eigenvalue weighted by molar-refractivity contribution is -0.152. The Balaban J connectivity index is 2.98. The van der Waals surface area contributed by atoms with E-state index in [2.05, 4.69) is 33.0 Å². The minimum Gasteiger partial charge on any atom is -0.342 e. The van der Waals surface area contributed by atoms with Gasteiger partial charge in [-0.2, -0.15) is 0 Å². The van der Waals surface area contributed by atoms with E-state index in [1.54, 1.807) is 4.90 Å². The zero-order chi connectivity index (χ0) is 15.9. The van der Waals surface area contributed by atoms with Crippen molar-refractivity contribution in [1.82, 2.24) is 10.2 Å². The van der Waals surface area contributed by atoms with Gasteiger partial charge in [0, 0.05) is 6.54 Å². The van der Waals surface area contributed by atoms with Crippen molar-refractivity contribution >= 4 is 11.8 Å². The summed E-state index contributed by atoms with van der Waals surface area (Å²) in [5, 5.41) is 2.87. The molecule has 0 spiro atoms. The number of nitrogens with one attached hydrogen (secondary N) is 1. The average Bonchev–Trinajstić information content (AvgIpc) is 2.26. The summed E-state index contributed by atoms with van der Waals surface area (Å²) in [6.07, 6.45) is 0. The average molecular weight is 282 g/mol. The number of rotatable bonds is 2. The minimum absolute atomic E-state index is 0.0423. The summed E-state index contributed by atoms with van der Waals surface area (Å²) in [7, 11) is 0. The maximum atomic E-state index is 12.7. The predicted octanol–water partition coefficient (Wildman–Crippen LogP) is 2.43. The van der Waals surface area contributed by atoms with Crippen LogP contribution < -0.4 is 5.32 Å². The van der Waals surface area contributed by atoms with Crippen molar-refractivity contribution in [2.75, 3.05) is 6.54 Å². The molecule has 0 bridgehead atoms. The third-order valence-electron chi connectivity index (χ3n) is 4.48. The maximum absolute atomic E-state index is 12.7. The van der Waals surface area contributed by atoms with E-state index in [0.29, 0.717) is 12.5 Å². The normalized spacial score (nSPS) is 26.5. The summed E-state index contributed by atoms with van der Waals surface area (Å²) < 4.78 is 0. The third-order valence-corrected chi connectivity index (χ3v) is 4.48. The Hall–Kier alpha value is -1.06. The molecule has 4 heteroatoms. The summed E-state index contributed by atoms with van der Waals surface area (Å²) in [5.74, 6) is 0.326. The van der Waals surface area contributed by atoms with E-state index in [9.17, 15) is 9.59 Å². The highest BCUT2D eigenvalue weighted by Crippen LogP contribution is 2.30. The Morgan fingerprint density at radius 1 is 1.15 bits per heavy atom. The van der Waals surface area contributed by atoms with Gasteiger partial charge in [-0.15, -0.1) is 0 Å². The van der Waals surface area contributed by atoms with Gasteiger partial charge in [0.15, 0.2) is 0 Å². The molecule has 116 valence electrons. The van der Waals surface area contributed by atoms with Crippen LogP contribution in [0.3, 0.4) is 0 Å². The Bertz CT molecular complexity index is 390. The number of carbonyl (C=O) groups excluding carboxylic acids is 2. The standard InChI is InChI=1S/C16H30N2O2/c1-10(15(3,4)5)9-18-11(2)13(19)17-12(14(18)20)16(6,7)8/h10-12H,9H2,1-8H3,(H,17,19). The van der Waals surface area contributed by atoms with Crippen molar-refractivity contribution in [1.29, 1.82) is 0 Å². The van der Waals surface area contributed by atoms with Crippen LogP contribution in [0.25, 0.3) is 0 Å². The van der Waals surface area contributed by atoms with Crippen LogP contribution in [0.2, 0.25) is 0 Å². The Labute approximate surface area is 123 Å². The number of piperazine rings is 1. The third kappa shape index (κ3) is 3.53. The second-order valence-corrected chi connectivity index (χ2v) is 8.24. The molecule has 1 rings (SSSR count). The van der Waals surface area contributed by atoms with Gasteiger partial charge >= 0.3 is 0 Å². The second-order valence-electron chi connectivity index (χ2n) is 8.24. The zero-order valence-electron chi connectivity index (χ0n) is 14.2. The molecule has 0 aliphatic carbocycles. The molecule has 4 nitrogen and oxygen atoms in total. The summed E-state index contributed by atoms with van der Waals surface area (Å²) in [6, 6.07) is -0.815. The van der Waals surface area contributed by atoms with Gasteiger partial charge in [0.2, 0.25) is 11.8 Å². The van der Waals surface area contributed by atoms with Gasteiger partial charge in [-0.25, -0.2) is 0 Å². The summed E-state index contributed by atoms with van der Waals surface area (Å²) in [4.78, 5) is 26.6. The Kier molecular flexibility index (Phi) is 4.57. The molecule has 1 saturated heterocycles. The van der Waals surface area contributed by atoms with E-state index in [1.165, 1.54) is 0 Å². The number of hydrogen-bond acceptors (Lipinski definition) is 2. The smallest absolute Gasteiger partial charge is 0.246 e. The summed E-state index contributed by atoms with van der Waals surface area (Å²) in [5.41, 5.74) is -0.152. The first-order valence-corrected chi connectivity index (χ1v) is 7.46. The van der Waals surface area contributed by atoms with Crippen molar-refractivity contribution in [3.63, 3.8) is 0 Å². The van der Waals surface area contributed by atoms with E-state index in [-0.39, 0.29) is 28.7 Å². The van der Waals surface area contributed by atoms with Gasteiger partial charge in [-0.3, -0.25) is 9.59 Å². The highest BCUT2D eigenvalue weighted by atomic mass is 16.2. The molecule has 20 heavy (non-hydrogen) atoms. The van der Waals surface area contributed by atoms with Crippen LogP contribution in [-0.4, -0.2) is 35.3 Å². The molecule has 0 aromatic carbocycles. The monoisotopic (exact) mass is 282 g/mol. The SMILES string of the molecule is CC1C(=O)NC(C(C)(C)C)C(=O)N1CC(C)C(C)(C)C. The highest BCUT2D eigenvalue weighted by molar-refractivity contribution is 5.97. The first-order valence-electron chi connectivity index (χ1n) is 7.46. The highest BCUT2D eigenvalue weighted by Gasteiger charge is 2.44. The van der Waals surface area contributed by atoms with Gasteiger partial charge in [0.25, 0.3) is 0 Å². The zero-order valence-corrected chi connectivity index (χ0v) is 14.2. The number of carbonyl (C=O) groups is 2. The van der Waals surface area contributed by atoms with Crippen LogP contribution in [0.4, 0.5) is 0 Å². The molecule has 0 aromatic rings. The molecule has 1 fully saturated rings. The lowest BCUT2D eigenvalue weighted by Gasteiger charge is -2.44. The van der Waals surface area contributed by atoms with Gasteiger partial charge in [-0.05, 0) is 23.7 Å². The first-order chi connectivity index (χ1) is 8.85. The molecular weight excluding hydrogens is 252 g/mol. The van der Waals surface area contributed by atoms with Crippen LogP contribution in [-0.2, 0) is 9.59 Å². The summed E-state index contributed by atoms with van der Waals surface area (Å²) >= 11 is 0. The second kappa shape index (κ2) is 5.38. The lowest BCUT2D eigenvalue weighted by atomic mass is 9.80. The van der Waals surface area contributed by atoms with E-state index >= 15 is 0 Å². The number of nitrogens with zero attached hydrogens (tertiary/aromatic N) is 1. The molecule has 1 aliphatic rings. The molecule has 3 unspecified atom stereocenters. The van der Waals surface area contributed by atoms with Crippen molar-refractivity contribution in [3.8, 4) is 0 Å². The first kappa shape index (κ1) is 17.0. The van der Waals surface area contributed by atoms with Crippen molar-refractivity contribution in [3.05, 3.63) is 0 Å². The fraction of sp³-hybridized carbons (Fsp3) is 0.875. The number of hydrogen-bond donors (Lipinski definition) is 1. The molecule has 1 aliphatic heterocycles. The van der Waals surface area contributed by atoms with E-state index < -0.39 is 6.04 Å². The quantitative estimate of drug-likeness (QED) is 0.845. The van der Waals surface area contributed by atoms with Crippen molar-refractivity contribution < 1.29 is 9.59 Å². The van der Waals surface area contributed by atoms with Gasteiger partial charge < -0.3 is 10.2 Å². The van der Waals surface area contributed by atoms with Crippen LogP contribution in [0, 0.1) is 16.7 Å². The fourth-order valence-electron chi connectivity index (χ4n) is 2.23. The summed E-state index contributed by atoms with van der Waals surface area (Å²) in [6.45, 7) is 17.0. The fourth-order valence-corrected chi connectivity index (χ4v) is 2.23. The van der Waals surface area contributed by atoms with Crippen LogP contribution in [0.15, 0.2) is 0 Å². The molecule has 2 amide bonds. The minimum atomic E-state index is -0.432. The topological polar surface area (TPSA) is 49.4 Å². The molecule has 0 saturated carbocycles. The van der Waals surface area contributed by atoms with Crippen LogP contribution >= 0.6 is 0 Å². The van der Waals surface area contributed by atoms with Gasteiger partial charge in [-0.1, -0.05) is 48.5 Å². The molecular formula is C16H30N2O2. The van der Waals surface area contributed by atoms with E-state index in [1.807, 2.05) is 27.7 Å². The van der Waals surface area contributed by atoms with Crippen LogP contribution in [0.5, 0.6) is 0 Å². The molecule has 0 radical (unpaired) electrons. The molecule has 1 heterocycles. The predicted molar refractivity (Wildman–Crippen MR) is 81.2 cm³/mol. The van der Waals surface area contributed by atoms with E-state index in [0.717, 1.165) is 0 Å². The molecule has 1 N–H and O–H groups in total.